The zero-order chi connectivity index (χ0) is 23.2. The molecule has 0 fully saturated rings. The minimum atomic E-state index is -1.02. The van der Waals surface area contributed by atoms with Gasteiger partial charge < -0.3 is 25.5 Å². The zero-order valence-corrected chi connectivity index (χ0v) is 18.4. The molecule has 0 spiro atoms. The number of H-pyrrole nitrogens is 1. The van der Waals surface area contributed by atoms with Crippen molar-refractivity contribution in [2.75, 3.05) is 19.0 Å². The number of anilines is 1. The molecule has 1 unspecified atom stereocenters. The molecule has 4 heterocycles. The van der Waals surface area contributed by atoms with Crippen LogP contribution in [0.3, 0.4) is 0 Å². The number of aryl methyl sites for hydroxylation is 3. The number of nitrogens with one attached hydrogen (secondary N) is 3. The van der Waals surface area contributed by atoms with E-state index in [1.165, 1.54) is 18.9 Å². The van der Waals surface area contributed by atoms with Crippen LogP contribution in [0.2, 0.25) is 0 Å². The molecule has 0 aromatic carbocycles. The molecule has 33 heavy (non-hydrogen) atoms. The average Bonchev–Trinajstić information content (AvgIpc) is 3.31. The van der Waals surface area contributed by atoms with Gasteiger partial charge in [-0.3, -0.25) is 9.59 Å². The summed E-state index contributed by atoms with van der Waals surface area (Å²) < 4.78 is 5.04. The third-order valence-corrected chi connectivity index (χ3v) is 5.66. The molecule has 1 atom stereocenters. The molecule has 4 N–H and O–H groups in total. The van der Waals surface area contributed by atoms with Crippen molar-refractivity contribution in [1.82, 2.24) is 20.3 Å². The second kappa shape index (κ2) is 10.2. The van der Waals surface area contributed by atoms with Gasteiger partial charge in [0.25, 0.3) is 5.91 Å². The maximum atomic E-state index is 12.8. The van der Waals surface area contributed by atoms with Crippen LogP contribution in [0, 0.1) is 0 Å². The SMILES string of the molecule is COc1ccc(C(CC(=O)O)NC(=O)c2cc(CCc3ccc4c(n3)NCCC4)c[nH]2)cn1. The normalized spacial score (nSPS) is 13.5. The molecule has 0 saturated heterocycles. The van der Waals surface area contributed by atoms with Crippen molar-refractivity contribution < 1.29 is 19.4 Å². The highest BCUT2D eigenvalue weighted by Gasteiger charge is 2.20. The van der Waals surface area contributed by atoms with Gasteiger partial charge in [-0.15, -0.1) is 0 Å². The van der Waals surface area contributed by atoms with Gasteiger partial charge in [0.1, 0.15) is 11.5 Å². The number of carbonyl (C=O) groups excluding carboxylic acids is 1. The van der Waals surface area contributed by atoms with Gasteiger partial charge in [-0.25, -0.2) is 9.97 Å². The van der Waals surface area contributed by atoms with Crippen LogP contribution in [0.5, 0.6) is 5.88 Å². The van der Waals surface area contributed by atoms with Crippen molar-refractivity contribution in [3.05, 3.63) is 70.8 Å². The smallest absolute Gasteiger partial charge is 0.305 e. The Morgan fingerprint density at radius 3 is 2.88 bits per heavy atom. The summed E-state index contributed by atoms with van der Waals surface area (Å²) in [4.78, 5) is 35.9. The summed E-state index contributed by atoms with van der Waals surface area (Å²) >= 11 is 0. The van der Waals surface area contributed by atoms with Crippen LogP contribution >= 0.6 is 0 Å². The molecule has 0 saturated carbocycles. The van der Waals surface area contributed by atoms with Gasteiger partial charge in [-0.1, -0.05) is 12.1 Å². The number of fused-ring (bicyclic) bond motifs is 1. The summed E-state index contributed by atoms with van der Waals surface area (Å²) in [6.07, 6.45) is 6.72. The highest BCUT2D eigenvalue weighted by molar-refractivity contribution is 5.93. The summed E-state index contributed by atoms with van der Waals surface area (Å²) in [7, 11) is 1.50. The third kappa shape index (κ3) is 5.68. The third-order valence-electron chi connectivity index (χ3n) is 5.66. The summed E-state index contributed by atoms with van der Waals surface area (Å²) in [5.41, 5.74) is 4.21. The number of ether oxygens (including phenoxy) is 1. The Hall–Kier alpha value is -3.88. The van der Waals surface area contributed by atoms with E-state index in [-0.39, 0.29) is 12.3 Å². The number of aliphatic carboxylic acids is 1. The lowest BCUT2D eigenvalue weighted by atomic mass is 10.0. The lowest BCUT2D eigenvalue weighted by Crippen LogP contribution is -2.30. The average molecular weight is 450 g/mol. The number of carboxylic acids is 1. The lowest BCUT2D eigenvalue weighted by molar-refractivity contribution is -0.137. The number of amides is 1. The van der Waals surface area contributed by atoms with E-state index in [0.717, 1.165) is 49.3 Å². The molecule has 1 amide bonds. The number of aromatic nitrogens is 3. The van der Waals surface area contributed by atoms with Crippen molar-refractivity contribution in [1.29, 1.82) is 0 Å². The van der Waals surface area contributed by atoms with Gasteiger partial charge >= 0.3 is 5.97 Å². The van der Waals surface area contributed by atoms with Crippen molar-refractivity contribution >= 4 is 17.7 Å². The first-order chi connectivity index (χ1) is 16.0. The van der Waals surface area contributed by atoms with Crippen LogP contribution in [-0.4, -0.2) is 45.6 Å². The molecule has 9 heteroatoms. The van der Waals surface area contributed by atoms with Gasteiger partial charge in [0.15, 0.2) is 0 Å². The number of hydrogen-bond donors (Lipinski definition) is 4. The molecule has 9 nitrogen and oxygen atoms in total. The van der Waals surface area contributed by atoms with Crippen LogP contribution in [-0.2, 0) is 24.1 Å². The van der Waals surface area contributed by atoms with E-state index in [1.807, 2.05) is 0 Å². The van der Waals surface area contributed by atoms with Crippen molar-refractivity contribution in [3.8, 4) is 5.88 Å². The number of methoxy groups -OCH3 is 1. The summed E-state index contributed by atoms with van der Waals surface area (Å²) in [6.45, 7) is 0.954. The second-order valence-corrected chi connectivity index (χ2v) is 8.02. The highest BCUT2D eigenvalue weighted by atomic mass is 16.5. The molecule has 1 aliphatic heterocycles. The number of carboxylic acid groups (broad SMARTS) is 1. The summed E-state index contributed by atoms with van der Waals surface area (Å²) in [5.74, 6) is -0.00232. The monoisotopic (exact) mass is 449 g/mol. The van der Waals surface area contributed by atoms with E-state index in [9.17, 15) is 14.7 Å². The van der Waals surface area contributed by atoms with Crippen LogP contribution in [0.4, 0.5) is 5.82 Å². The number of pyridine rings is 2. The molecule has 4 rings (SSSR count). The van der Waals surface area contributed by atoms with Crippen LogP contribution in [0.15, 0.2) is 42.7 Å². The summed E-state index contributed by atoms with van der Waals surface area (Å²) in [6, 6.07) is 8.60. The van der Waals surface area contributed by atoms with E-state index in [0.29, 0.717) is 17.1 Å². The first-order valence-electron chi connectivity index (χ1n) is 10.9. The topological polar surface area (TPSA) is 129 Å². The number of aromatic amines is 1. The fourth-order valence-corrected chi connectivity index (χ4v) is 3.88. The maximum Gasteiger partial charge on any atom is 0.305 e. The van der Waals surface area contributed by atoms with Gasteiger partial charge in [0, 0.05) is 30.7 Å². The molecule has 172 valence electrons. The zero-order valence-electron chi connectivity index (χ0n) is 18.4. The van der Waals surface area contributed by atoms with Crippen LogP contribution in [0.25, 0.3) is 0 Å². The number of nitrogens with zero attached hydrogens (tertiary/aromatic N) is 2. The Bertz CT molecular complexity index is 1130. The number of hydrogen-bond acceptors (Lipinski definition) is 6. The quantitative estimate of drug-likeness (QED) is 0.395. The molecule has 0 aliphatic carbocycles. The minimum absolute atomic E-state index is 0.259. The highest BCUT2D eigenvalue weighted by Crippen LogP contribution is 2.21. The van der Waals surface area contributed by atoms with E-state index in [2.05, 4.69) is 32.7 Å². The summed E-state index contributed by atoms with van der Waals surface area (Å²) in [5, 5.41) is 15.4. The Balaban J connectivity index is 1.39. The molecule has 0 bridgehead atoms. The molecule has 0 radical (unpaired) electrons. The Kier molecular flexibility index (Phi) is 6.87. The standard InChI is InChI=1S/C24H27N5O4/c1-33-21-9-6-17(14-27-21)19(12-22(30)31)29-24(32)20-11-15(13-26-20)4-7-18-8-5-16-3-2-10-25-23(16)28-18/h5-6,8-9,11,13-14,19,26H,2-4,7,10,12H2,1H3,(H,25,28)(H,29,32)(H,30,31). The molecule has 3 aromatic rings. The first-order valence-corrected chi connectivity index (χ1v) is 10.9. The predicted octanol–water partition coefficient (Wildman–Crippen LogP) is 2.90. The van der Waals surface area contributed by atoms with Crippen LogP contribution < -0.4 is 15.4 Å². The molecule has 1 aliphatic rings. The van der Waals surface area contributed by atoms with Crippen molar-refractivity contribution in [2.45, 2.75) is 38.1 Å². The maximum absolute atomic E-state index is 12.8. The van der Waals surface area contributed by atoms with Gasteiger partial charge in [0.2, 0.25) is 5.88 Å². The van der Waals surface area contributed by atoms with Crippen LogP contribution in [0.1, 0.15) is 51.8 Å². The van der Waals surface area contributed by atoms with Crippen molar-refractivity contribution in [3.63, 3.8) is 0 Å². The fourth-order valence-electron chi connectivity index (χ4n) is 3.88. The minimum Gasteiger partial charge on any atom is -0.481 e. The fraction of sp³-hybridized carbons (Fsp3) is 0.333. The Morgan fingerprint density at radius 1 is 1.24 bits per heavy atom. The van der Waals surface area contributed by atoms with E-state index in [1.54, 1.807) is 24.4 Å². The lowest BCUT2D eigenvalue weighted by Gasteiger charge is -2.17. The largest absolute Gasteiger partial charge is 0.481 e. The van der Waals surface area contributed by atoms with E-state index < -0.39 is 12.0 Å². The Morgan fingerprint density at radius 2 is 2.12 bits per heavy atom. The Labute approximate surface area is 191 Å². The molecular weight excluding hydrogens is 422 g/mol. The van der Waals surface area contributed by atoms with Gasteiger partial charge in [-0.05, 0) is 54.5 Å². The molecular formula is C24H27N5O4. The first kappa shape index (κ1) is 22.3. The number of carbonyl (C=O) groups is 2. The van der Waals surface area contributed by atoms with Crippen molar-refractivity contribution in [2.24, 2.45) is 0 Å². The molecule has 3 aromatic heterocycles. The van der Waals surface area contributed by atoms with E-state index >= 15 is 0 Å². The second-order valence-electron chi connectivity index (χ2n) is 8.02. The number of rotatable bonds is 9. The predicted molar refractivity (Wildman–Crippen MR) is 122 cm³/mol. The van der Waals surface area contributed by atoms with E-state index in [4.69, 9.17) is 9.72 Å². The van der Waals surface area contributed by atoms with Gasteiger partial charge in [0.05, 0.1) is 19.6 Å². The van der Waals surface area contributed by atoms with Gasteiger partial charge in [-0.2, -0.15) is 0 Å².